The number of unbranched alkanes of at least 4 members (excludes halogenated alkanes) is 2. The molecule has 19 heavy (non-hydrogen) atoms. The maximum atomic E-state index is 8.74. The minimum Gasteiger partial charge on any atom is -0.398 e. The molecule has 0 unspecified atom stereocenters. The molecule has 1 aromatic carbocycles. The molecule has 0 aliphatic heterocycles. The van der Waals surface area contributed by atoms with Crippen LogP contribution in [-0.2, 0) is 0 Å². The summed E-state index contributed by atoms with van der Waals surface area (Å²) >= 11 is 0. The summed E-state index contributed by atoms with van der Waals surface area (Å²) in [5.74, 6) is 0.886. The summed E-state index contributed by atoms with van der Waals surface area (Å²) in [6.07, 6.45) is 4.76. The average Bonchev–Trinajstić information content (AvgIpc) is 2.41. The monoisotopic (exact) mass is 259 g/mol. The molecule has 1 aromatic heterocycles. The summed E-state index contributed by atoms with van der Waals surface area (Å²) in [6.45, 7) is 3.15. The van der Waals surface area contributed by atoms with Gasteiger partial charge in [0.05, 0.1) is 0 Å². The lowest BCUT2D eigenvalue weighted by Crippen LogP contribution is -2.05. The highest BCUT2D eigenvalue weighted by atomic mass is 16.2. The molecule has 0 aliphatic rings. The fourth-order valence-electron chi connectivity index (χ4n) is 2.26. The number of hydrogen-bond donors (Lipinski definition) is 3. The summed E-state index contributed by atoms with van der Waals surface area (Å²) in [5, 5.41) is 14.2. The Kier molecular flexibility index (Phi) is 4.58. The number of nitrogens with one attached hydrogen (secondary N) is 1. The average molecular weight is 259 g/mol. The Labute approximate surface area is 113 Å². The first-order valence-corrected chi connectivity index (χ1v) is 6.72. The minimum absolute atomic E-state index is 0.266. The van der Waals surface area contributed by atoms with Crippen molar-refractivity contribution in [2.75, 3.05) is 24.2 Å². The van der Waals surface area contributed by atoms with Gasteiger partial charge in [0, 0.05) is 35.8 Å². The molecule has 102 valence electrons. The SMILES string of the molecule is Cc1cnc(NCCCCCO)c2cccc(N)c12. The number of rotatable bonds is 6. The molecule has 2 aromatic rings. The number of anilines is 2. The van der Waals surface area contributed by atoms with Crippen molar-refractivity contribution in [1.82, 2.24) is 4.98 Å². The van der Waals surface area contributed by atoms with Crippen LogP contribution < -0.4 is 11.1 Å². The van der Waals surface area contributed by atoms with Gasteiger partial charge >= 0.3 is 0 Å². The molecule has 1 heterocycles. The first-order chi connectivity index (χ1) is 9.24. The number of nitrogen functional groups attached to an aromatic ring is 1. The Morgan fingerprint density at radius 3 is 2.89 bits per heavy atom. The number of fused-ring (bicyclic) bond motifs is 1. The zero-order valence-electron chi connectivity index (χ0n) is 11.3. The molecule has 0 saturated heterocycles. The van der Waals surface area contributed by atoms with Crippen LogP contribution in [0, 0.1) is 6.92 Å². The topological polar surface area (TPSA) is 71.2 Å². The largest absolute Gasteiger partial charge is 0.398 e. The van der Waals surface area contributed by atoms with Gasteiger partial charge in [-0.2, -0.15) is 0 Å². The predicted molar refractivity (Wildman–Crippen MR) is 80.3 cm³/mol. The number of nitrogens with zero attached hydrogens (tertiary/aromatic N) is 1. The fourth-order valence-corrected chi connectivity index (χ4v) is 2.26. The van der Waals surface area contributed by atoms with Crippen LogP contribution in [0.4, 0.5) is 11.5 Å². The molecule has 0 amide bonds. The Morgan fingerprint density at radius 2 is 2.11 bits per heavy atom. The summed E-state index contributed by atoms with van der Waals surface area (Å²) in [6, 6.07) is 5.91. The molecule has 0 spiro atoms. The van der Waals surface area contributed by atoms with Gasteiger partial charge in [0.25, 0.3) is 0 Å². The van der Waals surface area contributed by atoms with Crippen LogP contribution in [0.1, 0.15) is 24.8 Å². The molecule has 0 atom stereocenters. The molecule has 0 saturated carbocycles. The summed E-state index contributed by atoms with van der Waals surface area (Å²) in [5.41, 5.74) is 7.93. The van der Waals surface area contributed by atoms with Crippen LogP contribution in [0.3, 0.4) is 0 Å². The van der Waals surface area contributed by atoms with Crippen LogP contribution in [0.25, 0.3) is 10.8 Å². The third-order valence-corrected chi connectivity index (χ3v) is 3.26. The highest BCUT2D eigenvalue weighted by Gasteiger charge is 2.06. The summed E-state index contributed by atoms with van der Waals surface area (Å²) in [7, 11) is 0. The van der Waals surface area contributed by atoms with Crippen molar-refractivity contribution in [3.8, 4) is 0 Å². The molecule has 0 radical (unpaired) electrons. The smallest absolute Gasteiger partial charge is 0.133 e. The Bertz CT molecular complexity index is 546. The number of aryl methyl sites for hydroxylation is 1. The van der Waals surface area contributed by atoms with Crippen molar-refractivity contribution in [2.45, 2.75) is 26.2 Å². The predicted octanol–water partition coefficient (Wildman–Crippen LogP) is 2.70. The Balaban J connectivity index is 2.15. The van der Waals surface area contributed by atoms with Crippen molar-refractivity contribution in [2.24, 2.45) is 0 Å². The van der Waals surface area contributed by atoms with Gasteiger partial charge in [-0.05, 0) is 37.8 Å². The quantitative estimate of drug-likeness (QED) is 0.551. The van der Waals surface area contributed by atoms with E-state index in [0.717, 1.165) is 53.6 Å². The lowest BCUT2D eigenvalue weighted by Gasteiger charge is -2.11. The lowest BCUT2D eigenvalue weighted by atomic mass is 10.1. The van der Waals surface area contributed by atoms with Crippen LogP contribution in [-0.4, -0.2) is 23.2 Å². The van der Waals surface area contributed by atoms with Crippen LogP contribution in [0.15, 0.2) is 24.4 Å². The van der Waals surface area contributed by atoms with Gasteiger partial charge in [-0.1, -0.05) is 12.1 Å². The summed E-state index contributed by atoms with van der Waals surface area (Å²) in [4.78, 5) is 4.45. The van der Waals surface area contributed by atoms with E-state index in [1.807, 2.05) is 31.3 Å². The van der Waals surface area contributed by atoms with Crippen molar-refractivity contribution in [3.05, 3.63) is 30.0 Å². The third kappa shape index (κ3) is 3.15. The maximum Gasteiger partial charge on any atom is 0.133 e. The van der Waals surface area contributed by atoms with Crippen LogP contribution >= 0.6 is 0 Å². The molecular formula is C15H21N3O. The standard InChI is InChI=1S/C15H21N3O/c1-11-10-18-15(17-8-3-2-4-9-19)12-6-5-7-13(16)14(11)12/h5-7,10,19H,2-4,8-9,16H2,1H3,(H,17,18). The molecule has 4 nitrogen and oxygen atoms in total. The van der Waals surface area contributed by atoms with Gasteiger partial charge in [0.1, 0.15) is 5.82 Å². The minimum atomic E-state index is 0.266. The number of nitrogens with two attached hydrogens (primary N) is 1. The third-order valence-electron chi connectivity index (χ3n) is 3.26. The Hall–Kier alpha value is -1.81. The molecule has 0 fully saturated rings. The maximum absolute atomic E-state index is 8.74. The van der Waals surface area contributed by atoms with Gasteiger partial charge < -0.3 is 16.2 Å². The number of aliphatic hydroxyl groups is 1. The van der Waals surface area contributed by atoms with Gasteiger partial charge in [0.2, 0.25) is 0 Å². The number of pyridine rings is 1. The molecule has 0 bridgehead atoms. The number of hydrogen-bond acceptors (Lipinski definition) is 4. The fraction of sp³-hybridized carbons (Fsp3) is 0.400. The number of aromatic nitrogens is 1. The van der Waals surface area contributed by atoms with Crippen LogP contribution in [0.2, 0.25) is 0 Å². The van der Waals surface area contributed by atoms with Crippen LogP contribution in [0.5, 0.6) is 0 Å². The van der Waals surface area contributed by atoms with Crippen molar-refractivity contribution in [1.29, 1.82) is 0 Å². The molecular weight excluding hydrogens is 238 g/mol. The van der Waals surface area contributed by atoms with Crippen molar-refractivity contribution in [3.63, 3.8) is 0 Å². The second-order valence-corrected chi connectivity index (χ2v) is 4.77. The molecule has 2 rings (SSSR count). The first-order valence-electron chi connectivity index (χ1n) is 6.72. The van der Waals surface area contributed by atoms with Crippen molar-refractivity contribution < 1.29 is 5.11 Å². The number of benzene rings is 1. The van der Waals surface area contributed by atoms with E-state index in [2.05, 4.69) is 10.3 Å². The number of aliphatic hydroxyl groups excluding tert-OH is 1. The van der Waals surface area contributed by atoms with E-state index in [4.69, 9.17) is 10.8 Å². The van der Waals surface area contributed by atoms with E-state index >= 15 is 0 Å². The zero-order valence-corrected chi connectivity index (χ0v) is 11.3. The van der Waals surface area contributed by atoms with Gasteiger partial charge in [0.15, 0.2) is 0 Å². The van der Waals surface area contributed by atoms with E-state index in [9.17, 15) is 0 Å². The van der Waals surface area contributed by atoms with E-state index in [1.54, 1.807) is 0 Å². The first kappa shape index (κ1) is 13.6. The summed E-state index contributed by atoms with van der Waals surface area (Å²) < 4.78 is 0. The molecule has 4 N–H and O–H groups in total. The van der Waals surface area contributed by atoms with Gasteiger partial charge in [-0.15, -0.1) is 0 Å². The molecule has 4 heteroatoms. The van der Waals surface area contributed by atoms with E-state index < -0.39 is 0 Å². The Morgan fingerprint density at radius 1 is 1.26 bits per heavy atom. The second-order valence-electron chi connectivity index (χ2n) is 4.77. The highest BCUT2D eigenvalue weighted by molar-refractivity contribution is 6.01. The lowest BCUT2D eigenvalue weighted by molar-refractivity contribution is 0.283. The zero-order chi connectivity index (χ0) is 13.7. The van der Waals surface area contributed by atoms with Gasteiger partial charge in [-0.25, -0.2) is 4.98 Å². The van der Waals surface area contributed by atoms with E-state index in [-0.39, 0.29) is 6.61 Å². The molecule has 0 aliphatic carbocycles. The van der Waals surface area contributed by atoms with Gasteiger partial charge in [-0.3, -0.25) is 0 Å². The van der Waals surface area contributed by atoms with E-state index in [0.29, 0.717) is 0 Å². The second kappa shape index (κ2) is 6.38. The highest BCUT2D eigenvalue weighted by Crippen LogP contribution is 2.28. The normalized spacial score (nSPS) is 10.8. The van der Waals surface area contributed by atoms with Crippen molar-refractivity contribution >= 4 is 22.3 Å². The van der Waals surface area contributed by atoms with E-state index in [1.165, 1.54) is 0 Å².